The first kappa shape index (κ1) is 31.0. The van der Waals surface area contributed by atoms with Gasteiger partial charge >= 0.3 is 12.0 Å². The topological polar surface area (TPSA) is 178 Å². The van der Waals surface area contributed by atoms with Crippen LogP contribution < -0.4 is 26.6 Å². The highest BCUT2D eigenvalue weighted by molar-refractivity contribution is 8.00. The maximum absolute atomic E-state index is 12.7. The minimum atomic E-state index is -1.50. The first-order valence-electron chi connectivity index (χ1n) is 14.0. The van der Waals surface area contributed by atoms with Crippen LogP contribution in [-0.2, 0) is 23.9 Å². The normalized spacial score (nSPS) is 27.7. The smallest absolute Gasteiger partial charge is 0.339 e. The predicted molar refractivity (Wildman–Crippen MR) is 146 cm³/mol. The number of nitrogens with one attached hydrogen (secondary N) is 5. The van der Waals surface area contributed by atoms with Crippen LogP contribution >= 0.6 is 11.8 Å². The summed E-state index contributed by atoms with van der Waals surface area (Å²) in [6.07, 6.45) is 4.05. The maximum Gasteiger partial charge on any atom is 0.339 e. The molecular formula is C26H43N5O7S. The van der Waals surface area contributed by atoms with Gasteiger partial charge in [-0.3, -0.25) is 14.4 Å². The van der Waals surface area contributed by atoms with Gasteiger partial charge in [0.25, 0.3) is 5.91 Å². The van der Waals surface area contributed by atoms with Gasteiger partial charge in [0, 0.05) is 30.5 Å². The largest absolute Gasteiger partial charge is 0.479 e. The molecule has 220 valence electrons. The van der Waals surface area contributed by atoms with Gasteiger partial charge in [0.05, 0.1) is 12.1 Å². The molecule has 0 aromatic heterocycles. The third-order valence-electron chi connectivity index (χ3n) is 7.47. The number of carbonyl (C=O) groups is 5. The number of epoxide rings is 1. The van der Waals surface area contributed by atoms with E-state index >= 15 is 0 Å². The number of aliphatic carboxylic acids is 1. The molecule has 3 saturated heterocycles. The molecule has 0 aromatic carbocycles. The van der Waals surface area contributed by atoms with Crippen molar-refractivity contribution in [2.24, 2.45) is 5.92 Å². The Kier molecular flexibility index (Phi) is 11.3. The number of carbonyl (C=O) groups excluding carboxylic acids is 4. The van der Waals surface area contributed by atoms with Crippen molar-refractivity contribution in [2.45, 2.75) is 107 Å². The molecule has 0 spiro atoms. The summed E-state index contributed by atoms with van der Waals surface area (Å²) >= 11 is 1.88. The average Bonchev–Trinajstić information content (AvgIpc) is 3.39. The standard InChI is InChI=1S/C26H43N5O7S/c1-4-26(24(35)36)21(38-26)23(34)29-16(13-15(2)3)22(33)28-12-8-7-11-27-19(32)10-6-5-9-18-20-17(14-39-18)30-25(37)31-20/h15-18,20-21H,4-14H2,1-3H3,(H,27,32)(H,28,33)(H,29,34)(H,35,36)(H2,30,31,37)/t16-,17-,18-,20-,21?,26?/m0/s1. The summed E-state index contributed by atoms with van der Waals surface area (Å²) in [5.41, 5.74) is -1.50. The predicted octanol–water partition coefficient (Wildman–Crippen LogP) is 0.888. The van der Waals surface area contributed by atoms with Crippen molar-refractivity contribution < 1.29 is 33.8 Å². The SMILES string of the molecule is CCC1(C(=O)O)OC1C(=O)N[C@@H](CC(C)C)C(=O)NCCCCNC(=O)CCCC[C@@H]1SC[C@@H]2NC(=O)N[C@@H]21. The van der Waals surface area contributed by atoms with E-state index in [-0.39, 0.29) is 42.3 Å². The zero-order chi connectivity index (χ0) is 28.6. The van der Waals surface area contributed by atoms with Gasteiger partial charge in [-0.05, 0) is 44.4 Å². The molecule has 3 rings (SSSR count). The van der Waals surface area contributed by atoms with E-state index in [4.69, 9.17) is 4.74 Å². The third kappa shape index (κ3) is 8.47. The van der Waals surface area contributed by atoms with Crippen LogP contribution in [0.5, 0.6) is 0 Å². The highest BCUT2D eigenvalue weighted by atomic mass is 32.2. The minimum Gasteiger partial charge on any atom is -0.479 e. The van der Waals surface area contributed by atoms with Crippen LogP contribution in [0.15, 0.2) is 0 Å². The van der Waals surface area contributed by atoms with Gasteiger partial charge in [0.2, 0.25) is 17.4 Å². The Hall–Kier alpha value is -2.54. The summed E-state index contributed by atoms with van der Waals surface area (Å²) in [6.45, 7) is 6.44. The highest BCUT2D eigenvalue weighted by Gasteiger charge is 2.65. The van der Waals surface area contributed by atoms with Crippen molar-refractivity contribution in [1.29, 1.82) is 0 Å². The van der Waals surface area contributed by atoms with Crippen molar-refractivity contribution in [2.75, 3.05) is 18.8 Å². The van der Waals surface area contributed by atoms with Crippen LogP contribution in [0.3, 0.4) is 0 Å². The average molecular weight is 570 g/mol. The lowest BCUT2D eigenvalue weighted by Crippen LogP contribution is -2.50. The summed E-state index contributed by atoms with van der Waals surface area (Å²) in [5.74, 6) is -1.000. The van der Waals surface area contributed by atoms with Crippen LogP contribution in [0.2, 0.25) is 0 Å². The Labute approximate surface area is 233 Å². The molecule has 3 fully saturated rings. The molecule has 6 N–H and O–H groups in total. The van der Waals surface area contributed by atoms with Gasteiger partial charge in [-0.15, -0.1) is 0 Å². The van der Waals surface area contributed by atoms with E-state index in [1.165, 1.54) is 0 Å². The van der Waals surface area contributed by atoms with E-state index in [2.05, 4.69) is 26.6 Å². The fourth-order valence-corrected chi connectivity index (χ4v) is 6.69. The van der Waals surface area contributed by atoms with Crippen molar-refractivity contribution in [3.05, 3.63) is 0 Å². The molecule has 3 aliphatic heterocycles. The molecule has 39 heavy (non-hydrogen) atoms. The molecule has 0 saturated carbocycles. The number of hydrogen-bond donors (Lipinski definition) is 6. The molecule has 0 radical (unpaired) electrons. The van der Waals surface area contributed by atoms with Gasteiger partial charge in [0.15, 0.2) is 6.10 Å². The van der Waals surface area contributed by atoms with Crippen LogP contribution in [-0.4, -0.2) is 88.8 Å². The third-order valence-corrected chi connectivity index (χ3v) is 8.97. The van der Waals surface area contributed by atoms with Crippen LogP contribution in [0, 0.1) is 5.92 Å². The summed E-state index contributed by atoms with van der Waals surface area (Å²) in [4.78, 5) is 60.3. The molecule has 3 heterocycles. The fraction of sp³-hybridized carbons (Fsp3) is 0.808. The Morgan fingerprint density at radius 1 is 1.10 bits per heavy atom. The van der Waals surface area contributed by atoms with E-state index in [9.17, 15) is 29.1 Å². The number of fused-ring (bicyclic) bond motifs is 1. The molecule has 3 aliphatic rings. The Bertz CT molecular complexity index is 919. The summed E-state index contributed by atoms with van der Waals surface area (Å²) in [7, 11) is 0. The van der Waals surface area contributed by atoms with Crippen molar-refractivity contribution in [3.8, 4) is 0 Å². The molecular weight excluding hydrogens is 526 g/mol. The van der Waals surface area contributed by atoms with Gasteiger partial charge in [-0.2, -0.15) is 11.8 Å². The fourth-order valence-electron chi connectivity index (χ4n) is 5.15. The number of thioether (sulfide) groups is 1. The number of ether oxygens (including phenoxy) is 1. The van der Waals surface area contributed by atoms with Crippen molar-refractivity contribution in [3.63, 3.8) is 0 Å². The van der Waals surface area contributed by atoms with E-state index in [1.807, 2.05) is 25.6 Å². The highest BCUT2D eigenvalue weighted by Crippen LogP contribution is 2.40. The molecule has 2 unspecified atom stereocenters. The molecule has 5 amide bonds. The quantitative estimate of drug-likeness (QED) is 0.0849. The summed E-state index contributed by atoms with van der Waals surface area (Å²) < 4.78 is 5.19. The van der Waals surface area contributed by atoms with Crippen LogP contribution in [0.4, 0.5) is 4.79 Å². The lowest BCUT2D eigenvalue weighted by Gasteiger charge is -2.20. The number of carboxylic acid groups (broad SMARTS) is 1. The van der Waals surface area contributed by atoms with Gasteiger partial charge in [-0.1, -0.05) is 27.2 Å². The van der Waals surface area contributed by atoms with Gasteiger partial charge < -0.3 is 36.4 Å². The van der Waals surface area contributed by atoms with E-state index in [0.717, 1.165) is 25.0 Å². The van der Waals surface area contributed by atoms with Gasteiger partial charge in [0.1, 0.15) is 6.04 Å². The molecule has 0 bridgehead atoms. The van der Waals surface area contributed by atoms with E-state index in [0.29, 0.717) is 44.0 Å². The molecule has 12 nitrogen and oxygen atoms in total. The maximum atomic E-state index is 12.7. The first-order chi connectivity index (χ1) is 18.6. The molecule has 6 atom stereocenters. The summed E-state index contributed by atoms with van der Waals surface area (Å²) in [5, 5.41) is 24.1. The second-order valence-corrected chi connectivity index (χ2v) is 12.2. The van der Waals surface area contributed by atoms with Crippen LogP contribution in [0.1, 0.15) is 72.1 Å². The molecule has 0 aliphatic carbocycles. The number of rotatable bonds is 17. The van der Waals surface area contributed by atoms with E-state index in [1.54, 1.807) is 6.92 Å². The second kappa shape index (κ2) is 14.2. The monoisotopic (exact) mass is 569 g/mol. The number of amides is 5. The lowest BCUT2D eigenvalue weighted by molar-refractivity contribution is -0.143. The number of unbranched alkanes of at least 4 members (excludes halogenated alkanes) is 2. The summed E-state index contributed by atoms with van der Waals surface area (Å²) in [6, 6.07) is -0.448. The molecule has 13 heteroatoms. The number of hydrogen-bond acceptors (Lipinski definition) is 7. The lowest BCUT2D eigenvalue weighted by atomic mass is 10.00. The second-order valence-electron chi connectivity index (χ2n) is 11.0. The Balaban J connectivity index is 1.25. The zero-order valence-electron chi connectivity index (χ0n) is 23.0. The Morgan fingerprint density at radius 3 is 2.46 bits per heavy atom. The van der Waals surface area contributed by atoms with Crippen molar-refractivity contribution in [1.82, 2.24) is 26.6 Å². The Morgan fingerprint density at radius 2 is 1.82 bits per heavy atom. The van der Waals surface area contributed by atoms with Crippen molar-refractivity contribution >= 4 is 41.5 Å². The first-order valence-corrected chi connectivity index (χ1v) is 15.1. The minimum absolute atomic E-state index is 0.0124. The zero-order valence-corrected chi connectivity index (χ0v) is 23.9. The van der Waals surface area contributed by atoms with Crippen LogP contribution in [0.25, 0.3) is 0 Å². The number of carboxylic acids is 1. The van der Waals surface area contributed by atoms with E-state index < -0.39 is 29.6 Å². The van der Waals surface area contributed by atoms with Gasteiger partial charge in [-0.25, -0.2) is 9.59 Å². The number of urea groups is 1. The molecule has 0 aromatic rings.